The monoisotopic (exact) mass is 368 g/mol. The minimum absolute atomic E-state index is 0.0330. The van der Waals surface area contributed by atoms with Crippen molar-refractivity contribution in [3.8, 4) is 0 Å². The molecule has 0 bridgehead atoms. The Morgan fingerprint density at radius 3 is 2.04 bits per heavy atom. The number of esters is 1. The van der Waals surface area contributed by atoms with Gasteiger partial charge < -0.3 is 14.8 Å². The molecule has 1 N–H and O–H groups in total. The molecule has 0 saturated carbocycles. The van der Waals surface area contributed by atoms with Crippen LogP contribution in [0.15, 0.2) is 6.20 Å². The Bertz CT molecular complexity index is 626. The van der Waals surface area contributed by atoms with Crippen LogP contribution in [0, 0.1) is 5.92 Å². The summed E-state index contributed by atoms with van der Waals surface area (Å²) in [5.74, 6) is -0.380. The number of ether oxygens (including phenoxy) is 2. The lowest BCUT2D eigenvalue weighted by atomic mass is 10.0. The summed E-state index contributed by atoms with van der Waals surface area (Å²) in [4.78, 5) is 24.6. The summed E-state index contributed by atoms with van der Waals surface area (Å²) in [7, 11) is 0. The molecule has 2 atom stereocenters. The molecule has 1 amide bonds. The van der Waals surface area contributed by atoms with Crippen LogP contribution < -0.4 is 5.32 Å². The van der Waals surface area contributed by atoms with E-state index in [2.05, 4.69) is 15.6 Å². The third-order valence-electron chi connectivity index (χ3n) is 3.37. The SMILES string of the molecule is CC(C)[C@H](NC(=O)OC(C)(C)C)c1cnnn1[C@@H](C)C(=O)OC(C)(C)C. The molecule has 26 heavy (non-hydrogen) atoms. The van der Waals surface area contributed by atoms with Crippen molar-refractivity contribution < 1.29 is 19.1 Å². The predicted molar refractivity (Wildman–Crippen MR) is 97.5 cm³/mol. The normalized spacial score (nSPS) is 14.7. The molecule has 1 heterocycles. The number of hydrogen-bond donors (Lipinski definition) is 1. The van der Waals surface area contributed by atoms with Crippen LogP contribution in [0.1, 0.15) is 80.1 Å². The number of amides is 1. The van der Waals surface area contributed by atoms with Gasteiger partial charge in [-0.25, -0.2) is 14.3 Å². The predicted octanol–water partition coefficient (Wildman–Crippen LogP) is 3.40. The van der Waals surface area contributed by atoms with Gasteiger partial charge in [0.15, 0.2) is 0 Å². The maximum Gasteiger partial charge on any atom is 0.408 e. The molecule has 0 saturated heterocycles. The Kier molecular flexibility index (Phi) is 6.79. The van der Waals surface area contributed by atoms with Gasteiger partial charge in [-0.3, -0.25) is 0 Å². The van der Waals surface area contributed by atoms with E-state index in [-0.39, 0.29) is 5.92 Å². The van der Waals surface area contributed by atoms with Crippen LogP contribution in [0.5, 0.6) is 0 Å². The Hall–Kier alpha value is -2.12. The van der Waals surface area contributed by atoms with Crippen molar-refractivity contribution in [2.24, 2.45) is 5.92 Å². The first-order valence-electron chi connectivity index (χ1n) is 8.83. The van der Waals surface area contributed by atoms with Crippen molar-refractivity contribution in [3.05, 3.63) is 11.9 Å². The lowest BCUT2D eigenvalue weighted by molar-refractivity contribution is -0.158. The zero-order chi connectivity index (χ0) is 20.3. The van der Waals surface area contributed by atoms with E-state index in [0.29, 0.717) is 5.69 Å². The minimum Gasteiger partial charge on any atom is -0.458 e. The van der Waals surface area contributed by atoms with Crippen LogP contribution in [-0.4, -0.2) is 38.3 Å². The lowest BCUT2D eigenvalue weighted by Gasteiger charge is -2.27. The molecule has 0 aliphatic rings. The van der Waals surface area contributed by atoms with Crippen molar-refractivity contribution in [3.63, 3.8) is 0 Å². The zero-order valence-electron chi connectivity index (χ0n) is 17.3. The molecule has 0 spiro atoms. The number of carbonyl (C=O) groups is 2. The van der Waals surface area contributed by atoms with Gasteiger partial charge in [-0.1, -0.05) is 19.1 Å². The number of hydrogen-bond acceptors (Lipinski definition) is 6. The second-order valence-corrected chi connectivity index (χ2v) is 8.68. The molecular formula is C18H32N4O4. The molecule has 1 aromatic rings. The number of nitrogens with zero attached hydrogens (tertiary/aromatic N) is 3. The molecule has 0 unspecified atom stereocenters. The second kappa shape index (κ2) is 8.05. The van der Waals surface area contributed by atoms with E-state index in [1.807, 2.05) is 13.8 Å². The maximum absolute atomic E-state index is 12.4. The highest BCUT2D eigenvalue weighted by Gasteiger charge is 2.30. The zero-order valence-corrected chi connectivity index (χ0v) is 17.3. The fraction of sp³-hybridized carbons (Fsp3) is 0.778. The molecule has 148 valence electrons. The third-order valence-corrected chi connectivity index (χ3v) is 3.37. The molecule has 0 aromatic carbocycles. The Morgan fingerprint density at radius 1 is 1.04 bits per heavy atom. The fourth-order valence-electron chi connectivity index (χ4n) is 2.28. The molecular weight excluding hydrogens is 336 g/mol. The Balaban J connectivity index is 3.04. The average molecular weight is 368 g/mol. The van der Waals surface area contributed by atoms with Gasteiger partial charge in [0.05, 0.1) is 17.9 Å². The summed E-state index contributed by atoms with van der Waals surface area (Å²) in [5, 5.41) is 10.8. The van der Waals surface area contributed by atoms with Crippen molar-refractivity contribution in [2.75, 3.05) is 0 Å². The first kappa shape index (κ1) is 21.9. The number of alkyl carbamates (subject to hydrolysis) is 1. The maximum atomic E-state index is 12.4. The van der Waals surface area contributed by atoms with Gasteiger partial charge in [0.2, 0.25) is 0 Å². The minimum atomic E-state index is -0.673. The van der Waals surface area contributed by atoms with Crippen molar-refractivity contribution in [1.82, 2.24) is 20.3 Å². The summed E-state index contributed by atoms with van der Waals surface area (Å²) in [5.41, 5.74) is -0.587. The molecule has 8 heteroatoms. The van der Waals surface area contributed by atoms with E-state index in [0.717, 1.165) is 0 Å². The standard InChI is InChI=1S/C18H32N4O4/c1-11(2)14(20-16(24)26-18(7,8)9)13-10-19-21-22(13)12(3)15(23)25-17(4,5)6/h10-12,14H,1-9H3,(H,20,24)/t12-,14-/m0/s1. The van der Waals surface area contributed by atoms with Gasteiger partial charge in [0.25, 0.3) is 0 Å². The largest absolute Gasteiger partial charge is 0.458 e. The first-order valence-corrected chi connectivity index (χ1v) is 8.83. The summed E-state index contributed by atoms with van der Waals surface area (Å²) < 4.78 is 12.2. The van der Waals surface area contributed by atoms with Gasteiger partial charge in [0.1, 0.15) is 17.2 Å². The third kappa shape index (κ3) is 6.65. The Labute approximate surface area is 155 Å². The van der Waals surface area contributed by atoms with Crippen LogP contribution in [0.4, 0.5) is 4.79 Å². The van der Waals surface area contributed by atoms with Gasteiger partial charge >= 0.3 is 12.1 Å². The highest BCUT2D eigenvalue weighted by molar-refractivity contribution is 5.74. The number of carbonyl (C=O) groups excluding carboxylic acids is 2. The van der Waals surface area contributed by atoms with Crippen molar-refractivity contribution in [1.29, 1.82) is 0 Å². The van der Waals surface area contributed by atoms with Gasteiger partial charge in [-0.05, 0) is 54.4 Å². The molecule has 0 aliphatic carbocycles. The van der Waals surface area contributed by atoms with Crippen molar-refractivity contribution >= 4 is 12.1 Å². The highest BCUT2D eigenvalue weighted by atomic mass is 16.6. The van der Waals surface area contributed by atoms with Gasteiger partial charge in [-0.15, -0.1) is 5.10 Å². The molecule has 0 radical (unpaired) electrons. The molecule has 0 aliphatic heterocycles. The number of aromatic nitrogens is 3. The van der Waals surface area contributed by atoms with E-state index < -0.39 is 35.3 Å². The van der Waals surface area contributed by atoms with Crippen LogP contribution in [0.2, 0.25) is 0 Å². The van der Waals surface area contributed by atoms with E-state index in [4.69, 9.17) is 9.47 Å². The van der Waals surface area contributed by atoms with E-state index in [9.17, 15) is 9.59 Å². The summed E-state index contributed by atoms with van der Waals surface area (Å²) >= 11 is 0. The molecule has 8 nitrogen and oxygen atoms in total. The number of nitrogens with one attached hydrogen (secondary N) is 1. The van der Waals surface area contributed by atoms with Crippen LogP contribution >= 0.6 is 0 Å². The Morgan fingerprint density at radius 2 is 1.58 bits per heavy atom. The number of rotatable bonds is 5. The van der Waals surface area contributed by atoms with E-state index in [1.54, 1.807) is 54.7 Å². The molecule has 1 aromatic heterocycles. The van der Waals surface area contributed by atoms with E-state index >= 15 is 0 Å². The topological polar surface area (TPSA) is 95.3 Å². The van der Waals surface area contributed by atoms with Gasteiger partial charge in [0, 0.05) is 0 Å². The van der Waals surface area contributed by atoms with Gasteiger partial charge in [-0.2, -0.15) is 0 Å². The quantitative estimate of drug-likeness (QED) is 0.800. The molecule has 0 fully saturated rings. The molecule has 1 rings (SSSR count). The smallest absolute Gasteiger partial charge is 0.408 e. The van der Waals surface area contributed by atoms with Crippen LogP contribution in [0.3, 0.4) is 0 Å². The summed E-state index contributed by atoms with van der Waals surface area (Å²) in [6.45, 7) is 16.4. The second-order valence-electron chi connectivity index (χ2n) is 8.68. The lowest BCUT2D eigenvalue weighted by Crippen LogP contribution is -2.38. The van der Waals surface area contributed by atoms with Crippen LogP contribution in [0.25, 0.3) is 0 Å². The van der Waals surface area contributed by atoms with Crippen LogP contribution in [-0.2, 0) is 14.3 Å². The van der Waals surface area contributed by atoms with E-state index in [1.165, 1.54) is 4.68 Å². The fourth-order valence-corrected chi connectivity index (χ4v) is 2.28. The average Bonchev–Trinajstić information content (AvgIpc) is 2.88. The highest BCUT2D eigenvalue weighted by Crippen LogP contribution is 2.25. The summed E-state index contributed by atoms with van der Waals surface area (Å²) in [6.07, 6.45) is 1.01. The summed E-state index contributed by atoms with van der Waals surface area (Å²) in [6, 6.07) is -1.09. The first-order chi connectivity index (χ1) is 11.7. The van der Waals surface area contributed by atoms with Crippen molar-refractivity contribution in [2.45, 2.75) is 85.6 Å².